The Morgan fingerprint density at radius 1 is 1.35 bits per heavy atom. The van der Waals surface area contributed by atoms with Crippen LogP contribution < -0.4 is 0 Å². The Bertz CT molecular complexity index is 355. The summed E-state index contributed by atoms with van der Waals surface area (Å²) in [6.45, 7) is 6.45. The number of nitrogens with zero attached hydrogens (tertiary/aromatic N) is 1. The predicted octanol–water partition coefficient (Wildman–Crippen LogP) is 5.10. The van der Waals surface area contributed by atoms with Crippen LogP contribution >= 0.6 is 43.5 Å². The first-order chi connectivity index (χ1) is 8.04. The van der Waals surface area contributed by atoms with E-state index >= 15 is 0 Å². The number of alkyl halides is 1. The van der Waals surface area contributed by atoms with Crippen LogP contribution in [-0.4, -0.2) is 22.8 Å². The van der Waals surface area contributed by atoms with Crippen LogP contribution in [0.4, 0.5) is 0 Å². The van der Waals surface area contributed by atoms with Gasteiger partial charge >= 0.3 is 0 Å². The van der Waals surface area contributed by atoms with Crippen molar-refractivity contribution < 1.29 is 0 Å². The van der Waals surface area contributed by atoms with Crippen molar-refractivity contribution in [3.8, 4) is 0 Å². The van der Waals surface area contributed by atoms with Gasteiger partial charge in [0.25, 0.3) is 0 Å². The van der Waals surface area contributed by atoms with E-state index in [1.807, 2.05) is 12.1 Å². The third kappa shape index (κ3) is 5.29. The molecule has 1 nitrogen and oxygen atoms in total. The molecule has 17 heavy (non-hydrogen) atoms. The van der Waals surface area contributed by atoms with Gasteiger partial charge in [0.15, 0.2) is 0 Å². The monoisotopic (exact) mass is 381 g/mol. The quantitative estimate of drug-likeness (QED) is 0.618. The van der Waals surface area contributed by atoms with Crippen LogP contribution in [0.15, 0.2) is 22.7 Å². The zero-order valence-electron chi connectivity index (χ0n) is 10.2. The smallest absolute Gasteiger partial charge is 0.0462 e. The van der Waals surface area contributed by atoms with Crippen LogP contribution in [0.25, 0.3) is 0 Å². The molecule has 0 fully saturated rings. The van der Waals surface area contributed by atoms with Crippen molar-refractivity contribution in [3.05, 3.63) is 33.3 Å². The Hall–Kier alpha value is 0.430. The van der Waals surface area contributed by atoms with E-state index in [1.54, 1.807) is 0 Å². The topological polar surface area (TPSA) is 3.24 Å². The molecule has 0 aliphatic heterocycles. The highest BCUT2D eigenvalue weighted by molar-refractivity contribution is 9.10. The molecular formula is C13H18Br2ClN. The third-order valence-electron chi connectivity index (χ3n) is 2.70. The summed E-state index contributed by atoms with van der Waals surface area (Å²) in [4.78, 5) is 2.44. The lowest BCUT2D eigenvalue weighted by Gasteiger charge is -2.26. The number of hydrogen-bond acceptors (Lipinski definition) is 1. The summed E-state index contributed by atoms with van der Waals surface area (Å²) in [5, 5.41) is 1.88. The summed E-state index contributed by atoms with van der Waals surface area (Å²) in [6.07, 6.45) is 1.16. The fraction of sp³-hybridized carbons (Fsp3) is 0.538. The highest BCUT2D eigenvalue weighted by atomic mass is 79.9. The van der Waals surface area contributed by atoms with E-state index in [0.717, 1.165) is 34.3 Å². The molecule has 0 spiro atoms. The summed E-state index contributed by atoms with van der Waals surface area (Å²) in [7, 11) is 0. The van der Waals surface area contributed by atoms with E-state index in [0.29, 0.717) is 6.04 Å². The molecule has 0 aromatic heterocycles. The first-order valence-electron chi connectivity index (χ1n) is 5.78. The van der Waals surface area contributed by atoms with E-state index in [2.05, 4.69) is 56.7 Å². The second-order valence-electron chi connectivity index (χ2n) is 4.34. The van der Waals surface area contributed by atoms with Gasteiger partial charge in [0.05, 0.1) is 0 Å². The highest BCUT2D eigenvalue weighted by Crippen LogP contribution is 2.23. The molecule has 4 heteroatoms. The zero-order valence-corrected chi connectivity index (χ0v) is 14.1. The molecule has 1 rings (SSSR count). The SMILES string of the molecule is CC(C)N(CCCBr)Cc1ccc(Br)cc1Cl. The fourth-order valence-corrected chi connectivity index (χ4v) is 2.64. The first kappa shape index (κ1) is 15.5. The molecule has 0 saturated carbocycles. The maximum Gasteiger partial charge on any atom is 0.0462 e. The number of halogens is 3. The molecule has 0 amide bonds. The Morgan fingerprint density at radius 3 is 2.59 bits per heavy atom. The molecule has 0 N–H and O–H groups in total. The lowest BCUT2D eigenvalue weighted by Crippen LogP contribution is -2.31. The van der Waals surface area contributed by atoms with Gasteiger partial charge in [0.2, 0.25) is 0 Å². The Balaban J connectivity index is 2.71. The number of rotatable bonds is 6. The summed E-state index contributed by atoms with van der Waals surface area (Å²) in [5.74, 6) is 0. The average molecular weight is 384 g/mol. The van der Waals surface area contributed by atoms with Crippen LogP contribution in [0.5, 0.6) is 0 Å². The maximum absolute atomic E-state index is 6.25. The number of benzene rings is 1. The van der Waals surface area contributed by atoms with Gasteiger partial charge in [-0.1, -0.05) is 49.5 Å². The minimum Gasteiger partial charge on any atom is -0.297 e. The van der Waals surface area contributed by atoms with Gasteiger partial charge in [0, 0.05) is 27.4 Å². The standard InChI is InChI=1S/C13H18Br2ClN/c1-10(2)17(7-3-6-14)9-11-4-5-12(15)8-13(11)16/h4-5,8,10H,3,6-7,9H2,1-2H3. The molecule has 0 bridgehead atoms. The molecule has 1 aromatic rings. The van der Waals surface area contributed by atoms with E-state index in [4.69, 9.17) is 11.6 Å². The molecule has 1 aromatic carbocycles. The van der Waals surface area contributed by atoms with Crippen molar-refractivity contribution in [2.75, 3.05) is 11.9 Å². The summed E-state index contributed by atoms with van der Waals surface area (Å²) < 4.78 is 1.03. The van der Waals surface area contributed by atoms with Crippen molar-refractivity contribution >= 4 is 43.5 Å². The van der Waals surface area contributed by atoms with Gasteiger partial charge in [-0.05, 0) is 44.5 Å². The molecule has 0 unspecified atom stereocenters. The average Bonchev–Trinajstić information content (AvgIpc) is 2.26. The summed E-state index contributed by atoms with van der Waals surface area (Å²) in [6, 6.07) is 6.63. The molecule has 0 atom stereocenters. The minimum atomic E-state index is 0.536. The molecule has 0 heterocycles. The zero-order chi connectivity index (χ0) is 12.8. The van der Waals surface area contributed by atoms with Crippen molar-refractivity contribution in [2.45, 2.75) is 32.9 Å². The Morgan fingerprint density at radius 2 is 2.06 bits per heavy atom. The number of hydrogen-bond donors (Lipinski definition) is 0. The molecule has 0 aliphatic carbocycles. The van der Waals surface area contributed by atoms with Crippen LogP contribution in [-0.2, 0) is 6.54 Å². The molecule has 0 aliphatic rings. The largest absolute Gasteiger partial charge is 0.297 e. The first-order valence-corrected chi connectivity index (χ1v) is 8.07. The molecule has 96 valence electrons. The lowest BCUT2D eigenvalue weighted by atomic mass is 10.2. The fourth-order valence-electron chi connectivity index (χ4n) is 1.65. The minimum absolute atomic E-state index is 0.536. The van der Waals surface area contributed by atoms with Gasteiger partial charge in [-0.3, -0.25) is 4.90 Å². The second kappa shape index (κ2) is 7.78. The van der Waals surface area contributed by atoms with Crippen LogP contribution in [0.1, 0.15) is 25.8 Å². The molecular weight excluding hydrogens is 365 g/mol. The van der Waals surface area contributed by atoms with E-state index < -0.39 is 0 Å². The van der Waals surface area contributed by atoms with Crippen molar-refractivity contribution in [1.82, 2.24) is 4.90 Å². The molecule has 0 saturated heterocycles. The maximum atomic E-state index is 6.25. The van der Waals surface area contributed by atoms with Crippen molar-refractivity contribution in [2.24, 2.45) is 0 Å². The van der Waals surface area contributed by atoms with Crippen LogP contribution in [0, 0.1) is 0 Å². The van der Waals surface area contributed by atoms with Crippen LogP contribution in [0.3, 0.4) is 0 Å². The van der Waals surface area contributed by atoms with Crippen molar-refractivity contribution in [1.29, 1.82) is 0 Å². The second-order valence-corrected chi connectivity index (χ2v) is 6.46. The van der Waals surface area contributed by atoms with Gasteiger partial charge in [-0.2, -0.15) is 0 Å². The van der Waals surface area contributed by atoms with Crippen molar-refractivity contribution in [3.63, 3.8) is 0 Å². The van der Waals surface area contributed by atoms with Crippen LogP contribution in [0.2, 0.25) is 5.02 Å². The lowest BCUT2D eigenvalue weighted by molar-refractivity contribution is 0.214. The normalized spacial score (nSPS) is 11.5. The van der Waals surface area contributed by atoms with Gasteiger partial charge < -0.3 is 0 Å². The summed E-state index contributed by atoms with van der Waals surface area (Å²) in [5.41, 5.74) is 1.19. The van der Waals surface area contributed by atoms with E-state index in [-0.39, 0.29) is 0 Å². The Labute approximate surface area is 126 Å². The van der Waals surface area contributed by atoms with E-state index in [9.17, 15) is 0 Å². The highest BCUT2D eigenvalue weighted by Gasteiger charge is 2.11. The Kier molecular flexibility index (Phi) is 7.08. The van der Waals surface area contributed by atoms with Gasteiger partial charge in [-0.15, -0.1) is 0 Å². The van der Waals surface area contributed by atoms with Gasteiger partial charge in [-0.25, -0.2) is 0 Å². The summed E-state index contributed by atoms with van der Waals surface area (Å²) >= 11 is 13.2. The molecule has 0 radical (unpaired) electrons. The van der Waals surface area contributed by atoms with Gasteiger partial charge in [0.1, 0.15) is 0 Å². The van der Waals surface area contributed by atoms with E-state index in [1.165, 1.54) is 5.56 Å². The third-order valence-corrected chi connectivity index (χ3v) is 4.10. The predicted molar refractivity (Wildman–Crippen MR) is 83.1 cm³/mol.